The number of ether oxygens (including phenoxy) is 3. The van der Waals surface area contributed by atoms with E-state index in [1.165, 1.54) is 109 Å². The molecule has 0 aromatic heterocycles. The van der Waals surface area contributed by atoms with Crippen molar-refractivity contribution in [3.05, 3.63) is 72.9 Å². The molecule has 6 heteroatoms. The van der Waals surface area contributed by atoms with E-state index in [2.05, 4.69) is 93.7 Å². The molecular weight excluding hydrogens is 793 g/mol. The molecule has 0 fully saturated rings. The zero-order valence-electron chi connectivity index (χ0n) is 42.0. The highest BCUT2D eigenvalue weighted by molar-refractivity contribution is 5.71. The van der Waals surface area contributed by atoms with Gasteiger partial charge in [0, 0.05) is 19.3 Å². The fourth-order valence-electron chi connectivity index (χ4n) is 7.40. The summed E-state index contributed by atoms with van der Waals surface area (Å²) in [4.78, 5) is 38.0. The van der Waals surface area contributed by atoms with Gasteiger partial charge in [0.1, 0.15) is 13.2 Å². The third kappa shape index (κ3) is 49.9. The standard InChI is InChI=1S/C58H100O6/c1-4-7-10-13-16-19-22-25-27-28-29-30-32-33-36-39-42-45-48-51-57(60)63-54-55(53-62-56(59)50-47-44-41-38-35-24-21-18-15-12-9-6-3)64-58(61)52-49-46-43-40-37-34-31-26-23-20-17-14-11-8-5-2/h7,10,16,19,25-27,29-31,33,36,55H,4-6,8-9,11-15,17-18,20-24,28,32,34-35,37-54H2,1-3H3/b10-7-,19-16-,27-25-,30-29-,31-26-,36-33-/t55-/m0/s1. The maximum atomic E-state index is 12.8. The molecule has 0 aromatic carbocycles. The SMILES string of the molecule is CC/C=C\C/C=C\C/C=C\C/C=C\C/C=C\CCCCCC(=O)OC[C@H](COC(=O)CCCCCCCCCCCCCC)OC(=O)CCCCCCC/C=C\CCCCCCCC. The van der Waals surface area contributed by atoms with Gasteiger partial charge in [-0.2, -0.15) is 0 Å². The number of allylic oxidation sites excluding steroid dienone is 12. The molecule has 0 aliphatic rings. The third-order valence-corrected chi connectivity index (χ3v) is 11.4. The van der Waals surface area contributed by atoms with E-state index >= 15 is 0 Å². The van der Waals surface area contributed by atoms with Gasteiger partial charge >= 0.3 is 17.9 Å². The van der Waals surface area contributed by atoms with Crippen molar-refractivity contribution in [3.8, 4) is 0 Å². The zero-order valence-corrected chi connectivity index (χ0v) is 42.0. The Morgan fingerprint density at radius 1 is 0.328 bits per heavy atom. The topological polar surface area (TPSA) is 78.9 Å². The first kappa shape index (κ1) is 60.9. The molecule has 0 rings (SSSR count). The first-order chi connectivity index (χ1) is 31.5. The lowest BCUT2D eigenvalue weighted by Gasteiger charge is -2.18. The second kappa shape index (κ2) is 52.5. The van der Waals surface area contributed by atoms with Crippen molar-refractivity contribution in [2.24, 2.45) is 0 Å². The summed E-state index contributed by atoms with van der Waals surface area (Å²) in [6.07, 6.45) is 66.0. The first-order valence-electron chi connectivity index (χ1n) is 26.9. The van der Waals surface area contributed by atoms with Gasteiger partial charge in [0.15, 0.2) is 6.10 Å². The molecule has 0 unspecified atom stereocenters. The van der Waals surface area contributed by atoms with Crippen LogP contribution in [0.3, 0.4) is 0 Å². The van der Waals surface area contributed by atoms with E-state index in [9.17, 15) is 14.4 Å². The number of carbonyl (C=O) groups excluding carboxylic acids is 3. The van der Waals surface area contributed by atoms with Crippen LogP contribution in [0.15, 0.2) is 72.9 Å². The minimum absolute atomic E-state index is 0.0876. The van der Waals surface area contributed by atoms with Crippen molar-refractivity contribution in [3.63, 3.8) is 0 Å². The van der Waals surface area contributed by atoms with Crippen molar-refractivity contribution in [1.82, 2.24) is 0 Å². The van der Waals surface area contributed by atoms with Gasteiger partial charge in [0.2, 0.25) is 0 Å². The Kier molecular flexibility index (Phi) is 49.9. The second-order valence-corrected chi connectivity index (χ2v) is 17.8. The van der Waals surface area contributed by atoms with Crippen LogP contribution >= 0.6 is 0 Å². The summed E-state index contributed by atoms with van der Waals surface area (Å²) >= 11 is 0. The number of rotatable bonds is 48. The molecule has 368 valence electrons. The molecular formula is C58H100O6. The van der Waals surface area contributed by atoms with Gasteiger partial charge in [-0.3, -0.25) is 14.4 Å². The van der Waals surface area contributed by atoms with E-state index in [1.807, 2.05) is 0 Å². The van der Waals surface area contributed by atoms with E-state index in [-0.39, 0.29) is 31.1 Å². The number of hydrogen-bond acceptors (Lipinski definition) is 6. The van der Waals surface area contributed by atoms with Crippen LogP contribution in [0.2, 0.25) is 0 Å². The number of unbranched alkanes of at least 4 members (excludes halogenated alkanes) is 25. The smallest absolute Gasteiger partial charge is 0.306 e. The molecule has 1 atom stereocenters. The van der Waals surface area contributed by atoms with Crippen LogP contribution in [0.25, 0.3) is 0 Å². The van der Waals surface area contributed by atoms with Crippen molar-refractivity contribution in [1.29, 1.82) is 0 Å². The normalized spacial score (nSPS) is 12.6. The maximum absolute atomic E-state index is 12.8. The average Bonchev–Trinajstić information content (AvgIpc) is 3.29. The highest BCUT2D eigenvalue weighted by Crippen LogP contribution is 2.15. The van der Waals surface area contributed by atoms with Gasteiger partial charge in [-0.05, 0) is 89.9 Å². The number of carbonyl (C=O) groups is 3. The largest absolute Gasteiger partial charge is 0.462 e. The zero-order chi connectivity index (χ0) is 46.5. The molecule has 6 nitrogen and oxygen atoms in total. The van der Waals surface area contributed by atoms with Crippen LogP contribution in [-0.2, 0) is 28.6 Å². The van der Waals surface area contributed by atoms with E-state index < -0.39 is 6.10 Å². The minimum atomic E-state index is -0.791. The molecule has 0 N–H and O–H groups in total. The average molecular weight is 893 g/mol. The van der Waals surface area contributed by atoms with Gasteiger partial charge in [0.05, 0.1) is 0 Å². The quantitative estimate of drug-likeness (QED) is 0.0262. The predicted molar refractivity (Wildman–Crippen MR) is 274 cm³/mol. The van der Waals surface area contributed by atoms with E-state index in [0.717, 1.165) is 109 Å². The Labute approximate surface area is 395 Å². The minimum Gasteiger partial charge on any atom is -0.462 e. The summed E-state index contributed by atoms with van der Waals surface area (Å²) in [6, 6.07) is 0. The van der Waals surface area contributed by atoms with Gasteiger partial charge < -0.3 is 14.2 Å². The number of hydrogen-bond donors (Lipinski definition) is 0. The highest BCUT2D eigenvalue weighted by atomic mass is 16.6. The summed E-state index contributed by atoms with van der Waals surface area (Å²) < 4.78 is 16.8. The van der Waals surface area contributed by atoms with E-state index in [1.54, 1.807) is 0 Å². The van der Waals surface area contributed by atoms with E-state index in [4.69, 9.17) is 14.2 Å². The molecule has 0 spiro atoms. The van der Waals surface area contributed by atoms with Crippen LogP contribution in [0.4, 0.5) is 0 Å². The fraction of sp³-hybridized carbons (Fsp3) is 0.741. The van der Waals surface area contributed by atoms with Crippen molar-refractivity contribution in [2.45, 2.75) is 264 Å². The van der Waals surface area contributed by atoms with Crippen molar-refractivity contribution < 1.29 is 28.6 Å². The van der Waals surface area contributed by atoms with Crippen LogP contribution in [-0.4, -0.2) is 37.2 Å². The molecule has 0 saturated heterocycles. The van der Waals surface area contributed by atoms with Crippen LogP contribution < -0.4 is 0 Å². The Morgan fingerprint density at radius 2 is 0.609 bits per heavy atom. The van der Waals surface area contributed by atoms with Crippen molar-refractivity contribution >= 4 is 17.9 Å². The molecule has 0 heterocycles. The maximum Gasteiger partial charge on any atom is 0.306 e. The van der Waals surface area contributed by atoms with Gasteiger partial charge in [-0.15, -0.1) is 0 Å². The Bertz CT molecular complexity index is 1210. The Balaban J connectivity index is 4.43. The summed E-state index contributed by atoms with van der Waals surface area (Å²) in [6.45, 7) is 6.49. The molecule has 0 aliphatic heterocycles. The van der Waals surface area contributed by atoms with Gasteiger partial charge in [-0.1, -0.05) is 222 Å². The summed E-state index contributed by atoms with van der Waals surface area (Å²) in [5, 5.41) is 0. The lowest BCUT2D eigenvalue weighted by Crippen LogP contribution is -2.30. The lowest BCUT2D eigenvalue weighted by atomic mass is 10.0. The van der Waals surface area contributed by atoms with Crippen LogP contribution in [0, 0.1) is 0 Å². The van der Waals surface area contributed by atoms with E-state index in [0.29, 0.717) is 19.3 Å². The van der Waals surface area contributed by atoms with Crippen LogP contribution in [0.1, 0.15) is 258 Å². The second-order valence-electron chi connectivity index (χ2n) is 17.8. The molecule has 0 aromatic rings. The molecule has 0 amide bonds. The monoisotopic (exact) mass is 893 g/mol. The molecule has 0 radical (unpaired) electrons. The Morgan fingerprint density at radius 3 is 0.984 bits per heavy atom. The molecule has 0 bridgehead atoms. The first-order valence-corrected chi connectivity index (χ1v) is 26.9. The lowest BCUT2D eigenvalue weighted by molar-refractivity contribution is -0.167. The fourth-order valence-corrected chi connectivity index (χ4v) is 7.40. The third-order valence-electron chi connectivity index (χ3n) is 11.4. The van der Waals surface area contributed by atoms with Crippen molar-refractivity contribution in [2.75, 3.05) is 13.2 Å². The summed E-state index contributed by atoms with van der Waals surface area (Å²) in [5.74, 6) is -0.925. The van der Waals surface area contributed by atoms with Crippen LogP contribution in [0.5, 0.6) is 0 Å². The van der Waals surface area contributed by atoms with Gasteiger partial charge in [-0.25, -0.2) is 0 Å². The Hall–Kier alpha value is -3.15. The molecule has 64 heavy (non-hydrogen) atoms. The predicted octanol–water partition coefficient (Wildman–Crippen LogP) is 17.8. The molecule has 0 saturated carbocycles. The summed E-state index contributed by atoms with van der Waals surface area (Å²) in [5.41, 5.74) is 0. The molecule has 0 aliphatic carbocycles. The van der Waals surface area contributed by atoms with Gasteiger partial charge in [0.25, 0.3) is 0 Å². The number of esters is 3. The summed E-state index contributed by atoms with van der Waals surface area (Å²) in [7, 11) is 0. The highest BCUT2D eigenvalue weighted by Gasteiger charge is 2.19.